The van der Waals surface area contributed by atoms with Crippen molar-refractivity contribution in [1.29, 1.82) is 0 Å². The van der Waals surface area contributed by atoms with Crippen LogP contribution in [0.25, 0.3) is 0 Å². The summed E-state index contributed by atoms with van der Waals surface area (Å²) < 4.78 is 5.11. The molecule has 1 aliphatic heterocycles. The summed E-state index contributed by atoms with van der Waals surface area (Å²) in [6.45, 7) is 7.69. The van der Waals surface area contributed by atoms with Gasteiger partial charge in [0.15, 0.2) is 0 Å². The number of amides is 2. The first-order valence-corrected chi connectivity index (χ1v) is 11.9. The van der Waals surface area contributed by atoms with Gasteiger partial charge in [-0.15, -0.1) is 11.3 Å². The van der Waals surface area contributed by atoms with Crippen molar-refractivity contribution in [1.82, 2.24) is 10.2 Å². The van der Waals surface area contributed by atoms with Gasteiger partial charge in [0.1, 0.15) is 5.00 Å². The first-order chi connectivity index (χ1) is 15.4. The highest BCUT2D eigenvalue weighted by Gasteiger charge is 2.24. The van der Waals surface area contributed by atoms with E-state index in [0.717, 1.165) is 42.8 Å². The molecule has 1 aromatic heterocycles. The van der Waals surface area contributed by atoms with Gasteiger partial charge in [0.2, 0.25) is 5.91 Å². The monoisotopic (exact) mass is 457 g/mol. The maximum absolute atomic E-state index is 12.6. The number of ether oxygens (including phenoxy) is 1. The summed E-state index contributed by atoms with van der Waals surface area (Å²) in [5.74, 6) is -0.610. The second kappa shape index (κ2) is 11.2. The Balaban J connectivity index is 1.50. The number of rotatable bonds is 8. The molecule has 0 bridgehead atoms. The molecule has 3 rings (SSSR count). The number of likely N-dealkylation sites (tertiary alicyclic amines) is 1. The minimum atomic E-state index is -0.413. The average Bonchev–Trinajstić information content (AvgIpc) is 3.18. The van der Waals surface area contributed by atoms with Gasteiger partial charge in [0.25, 0.3) is 5.91 Å². The minimum Gasteiger partial charge on any atom is -0.462 e. The van der Waals surface area contributed by atoms with E-state index in [2.05, 4.69) is 15.5 Å². The van der Waals surface area contributed by atoms with Gasteiger partial charge in [0, 0.05) is 29.6 Å². The molecule has 172 valence electrons. The fourth-order valence-corrected chi connectivity index (χ4v) is 4.77. The first kappa shape index (κ1) is 23.9. The molecule has 1 fully saturated rings. The van der Waals surface area contributed by atoms with Crippen molar-refractivity contribution in [2.75, 3.05) is 31.6 Å². The fourth-order valence-electron chi connectivity index (χ4n) is 3.77. The smallest absolute Gasteiger partial charge is 0.341 e. The number of esters is 1. The number of thiophene rings is 1. The van der Waals surface area contributed by atoms with Crippen LogP contribution in [0.15, 0.2) is 30.3 Å². The molecule has 0 saturated carbocycles. The lowest BCUT2D eigenvalue weighted by Crippen LogP contribution is -2.46. The molecular formula is C24H31N3O4S. The number of nitrogens with zero attached hydrogens (tertiary/aromatic N) is 1. The molecule has 2 amide bonds. The number of piperidine rings is 1. The Morgan fingerprint density at radius 2 is 1.84 bits per heavy atom. The zero-order valence-corrected chi connectivity index (χ0v) is 19.7. The van der Waals surface area contributed by atoms with Gasteiger partial charge in [-0.1, -0.05) is 25.1 Å². The van der Waals surface area contributed by atoms with Crippen molar-refractivity contribution in [2.45, 2.75) is 46.1 Å². The number of carbonyl (C=O) groups excluding carboxylic acids is 3. The van der Waals surface area contributed by atoms with E-state index in [-0.39, 0.29) is 24.4 Å². The van der Waals surface area contributed by atoms with Crippen LogP contribution in [0.2, 0.25) is 0 Å². The molecule has 0 atom stereocenters. The van der Waals surface area contributed by atoms with E-state index in [0.29, 0.717) is 22.7 Å². The largest absolute Gasteiger partial charge is 0.462 e. The van der Waals surface area contributed by atoms with Gasteiger partial charge in [0.05, 0.1) is 18.7 Å². The Morgan fingerprint density at radius 3 is 2.50 bits per heavy atom. The summed E-state index contributed by atoms with van der Waals surface area (Å²) in [6, 6.07) is 9.45. The third-order valence-corrected chi connectivity index (χ3v) is 6.75. The lowest BCUT2D eigenvalue weighted by Gasteiger charge is -2.31. The SMILES string of the molecule is CCOC(=O)c1cc(CC)sc1NC(=O)CN1CCC(NC(=O)c2ccccc2C)CC1. The zero-order chi connectivity index (χ0) is 23.1. The number of nitrogens with one attached hydrogen (secondary N) is 2. The second-order valence-corrected chi connectivity index (χ2v) is 9.05. The van der Waals surface area contributed by atoms with Crippen molar-refractivity contribution >= 4 is 34.1 Å². The molecule has 7 nitrogen and oxygen atoms in total. The zero-order valence-electron chi connectivity index (χ0n) is 18.9. The molecule has 0 unspecified atom stereocenters. The van der Waals surface area contributed by atoms with Crippen LogP contribution in [0, 0.1) is 6.92 Å². The number of carbonyl (C=O) groups is 3. The summed E-state index contributed by atoms with van der Waals surface area (Å²) in [7, 11) is 0. The molecule has 1 aliphatic rings. The number of hydrogen-bond donors (Lipinski definition) is 2. The second-order valence-electron chi connectivity index (χ2n) is 7.92. The third-order valence-electron chi connectivity index (χ3n) is 5.56. The third kappa shape index (κ3) is 6.17. The molecule has 0 spiro atoms. The van der Waals surface area contributed by atoms with Crippen molar-refractivity contribution in [3.63, 3.8) is 0 Å². The molecule has 1 saturated heterocycles. The lowest BCUT2D eigenvalue weighted by atomic mass is 10.0. The summed E-state index contributed by atoms with van der Waals surface area (Å²) in [5, 5.41) is 6.55. The highest BCUT2D eigenvalue weighted by Crippen LogP contribution is 2.29. The van der Waals surface area contributed by atoms with Crippen molar-refractivity contribution < 1.29 is 19.1 Å². The van der Waals surface area contributed by atoms with E-state index < -0.39 is 5.97 Å². The number of benzene rings is 1. The van der Waals surface area contributed by atoms with Crippen LogP contribution in [-0.4, -0.2) is 55.0 Å². The van der Waals surface area contributed by atoms with Gasteiger partial charge in [-0.05, 0) is 50.8 Å². The van der Waals surface area contributed by atoms with Gasteiger partial charge in [-0.2, -0.15) is 0 Å². The van der Waals surface area contributed by atoms with E-state index in [1.807, 2.05) is 38.1 Å². The Labute approximate surface area is 193 Å². The van der Waals surface area contributed by atoms with E-state index >= 15 is 0 Å². The van der Waals surface area contributed by atoms with Crippen LogP contribution in [0.5, 0.6) is 0 Å². The van der Waals surface area contributed by atoms with Crippen LogP contribution < -0.4 is 10.6 Å². The maximum atomic E-state index is 12.6. The van der Waals surface area contributed by atoms with Crippen molar-refractivity contribution in [3.05, 3.63) is 51.9 Å². The average molecular weight is 458 g/mol. The van der Waals surface area contributed by atoms with Gasteiger partial charge in [-0.25, -0.2) is 4.79 Å². The van der Waals surface area contributed by atoms with E-state index in [1.54, 1.807) is 13.0 Å². The molecule has 2 N–H and O–H groups in total. The Hall–Kier alpha value is -2.71. The predicted molar refractivity (Wildman–Crippen MR) is 126 cm³/mol. The van der Waals surface area contributed by atoms with Crippen LogP contribution in [0.1, 0.15) is 57.8 Å². The Morgan fingerprint density at radius 1 is 1.12 bits per heavy atom. The van der Waals surface area contributed by atoms with E-state index in [1.165, 1.54) is 11.3 Å². The number of hydrogen-bond acceptors (Lipinski definition) is 6. The molecule has 0 aliphatic carbocycles. The minimum absolute atomic E-state index is 0.0461. The normalized spacial score (nSPS) is 14.7. The summed E-state index contributed by atoms with van der Waals surface area (Å²) >= 11 is 1.41. The van der Waals surface area contributed by atoms with Gasteiger partial charge >= 0.3 is 5.97 Å². The quantitative estimate of drug-likeness (QED) is 0.591. The van der Waals surface area contributed by atoms with Crippen molar-refractivity contribution in [2.24, 2.45) is 0 Å². The predicted octanol–water partition coefficient (Wildman–Crippen LogP) is 3.63. The topological polar surface area (TPSA) is 87.7 Å². The lowest BCUT2D eigenvalue weighted by molar-refractivity contribution is -0.117. The van der Waals surface area contributed by atoms with Crippen LogP contribution in [0.3, 0.4) is 0 Å². The molecule has 1 aromatic carbocycles. The maximum Gasteiger partial charge on any atom is 0.341 e. The Kier molecular flexibility index (Phi) is 8.41. The first-order valence-electron chi connectivity index (χ1n) is 11.1. The van der Waals surface area contributed by atoms with Gasteiger partial charge < -0.3 is 15.4 Å². The van der Waals surface area contributed by atoms with E-state index in [9.17, 15) is 14.4 Å². The number of anilines is 1. The van der Waals surface area contributed by atoms with Crippen molar-refractivity contribution in [3.8, 4) is 0 Å². The fraction of sp³-hybridized carbons (Fsp3) is 0.458. The molecule has 32 heavy (non-hydrogen) atoms. The summed E-state index contributed by atoms with van der Waals surface area (Å²) in [4.78, 5) is 40.5. The standard InChI is InChI=1S/C24H31N3O4S/c1-4-18-14-20(24(30)31-5-2)23(32-18)26-21(28)15-27-12-10-17(11-13-27)25-22(29)19-9-7-6-8-16(19)3/h6-9,14,17H,4-5,10-13,15H2,1-3H3,(H,25,29)(H,26,28). The van der Waals surface area contributed by atoms with Crippen LogP contribution >= 0.6 is 11.3 Å². The molecule has 8 heteroatoms. The molecule has 2 aromatic rings. The molecule has 2 heterocycles. The number of aryl methyl sites for hydroxylation is 2. The summed E-state index contributed by atoms with van der Waals surface area (Å²) in [5.41, 5.74) is 2.08. The molecule has 0 radical (unpaired) electrons. The highest BCUT2D eigenvalue weighted by molar-refractivity contribution is 7.16. The summed E-state index contributed by atoms with van der Waals surface area (Å²) in [6.07, 6.45) is 2.37. The molecular weight excluding hydrogens is 426 g/mol. The van der Waals surface area contributed by atoms with Gasteiger partial charge in [-0.3, -0.25) is 14.5 Å². The highest BCUT2D eigenvalue weighted by atomic mass is 32.1. The Bertz CT molecular complexity index is 964. The van der Waals surface area contributed by atoms with Crippen LogP contribution in [0.4, 0.5) is 5.00 Å². The van der Waals surface area contributed by atoms with E-state index in [4.69, 9.17) is 4.74 Å². The van der Waals surface area contributed by atoms with Crippen LogP contribution in [-0.2, 0) is 16.0 Å².